The Bertz CT molecular complexity index is 693. The van der Waals surface area contributed by atoms with Crippen molar-refractivity contribution in [2.45, 2.75) is 6.42 Å². The van der Waals surface area contributed by atoms with Crippen molar-refractivity contribution in [3.63, 3.8) is 0 Å². The minimum Gasteiger partial charge on any atom is -0.395 e. The summed E-state index contributed by atoms with van der Waals surface area (Å²) in [5.74, 6) is 5.34. The van der Waals surface area contributed by atoms with Gasteiger partial charge in [0.25, 0.3) is 5.91 Å². The molecule has 0 aliphatic carbocycles. The monoisotopic (exact) mass is 301 g/mol. The van der Waals surface area contributed by atoms with E-state index in [1.807, 2.05) is 0 Å². The van der Waals surface area contributed by atoms with Crippen molar-refractivity contribution < 1.29 is 9.90 Å². The number of hydrogen-bond donors (Lipinski definition) is 2. The highest BCUT2D eigenvalue weighted by molar-refractivity contribution is 6.31. The van der Waals surface area contributed by atoms with Crippen LogP contribution in [0.15, 0.2) is 36.9 Å². The van der Waals surface area contributed by atoms with E-state index in [1.165, 1.54) is 18.7 Å². The van der Waals surface area contributed by atoms with Gasteiger partial charge in [0, 0.05) is 29.4 Å². The van der Waals surface area contributed by atoms with Crippen molar-refractivity contribution in [2.75, 3.05) is 11.9 Å². The summed E-state index contributed by atoms with van der Waals surface area (Å²) in [6.45, 7) is -0.0103. The average molecular weight is 302 g/mol. The van der Waals surface area contributed by atoms with Crippen LogP contribution in [-0.4, -0.2) is 27.6 Å². The second-order valence-electron chi connectivity index (χ2n) is 4.05. The summed E-state index contributed by atoms with van der Waals surface area (Å²) in [4.78, 5) is 19.7. The van der Waals surface area contributed by atoms with E-state index >= 15 is 0 Å². The molecular formula is C15H12ClN3O2. The number of benzene rings is 1. The Morgan fingerprint density at radius 1 is 1.33 bits per heavy atom. The number of hydrogen-bond acceptors (Lipinski definition) is 4. The van der Waals surface area contributed by atoms with Crippen molar-refractivity contribution >= 4 is 23.2 Å². The number of halogens is 1. The molecule has 0 spiro atoms. The Kier molecular flexibility index (Phi) is 5.27. The molecule has 2 rings (SSSR count). The first kappa shape index (κ1) is 15.0. The topological polar surface area (TPSA) is 75.1 Å². The van der Waals surface area contributed by atoms with Crippen LogP contribution in [0, 0.1) is 11.8 Å². The molecule has 0 aliphatic heterocycles. The van der Waals surface area contributed by atoms with E-state index in [-0.39, 0.29) is 12.5 Å². The van der Waals surface area contributed by atoms with E-state index in [0.717, 1.165) is 0 Å². The zero-order valence-corrected chi connectivity index (χ0v) is 11.8. The van der Waals surface area contributed by atoms with Crippen molar-refractivity contribution in [3.8, 4) is 11.8 Å². The Balaban J connectivity index is 2.25. The summed E-state index contributed by atoms with van der Waals surface area (Å²) in [6.07, 6.45) is 4.55. The molecule has 1 aromatic carbocycles. The van der Waals surface area contributed by atoms with Gasteiger partial charge in [-0.05, 0) is 18.2 Å². The summed E-state index contributed by atoms with van der Waals surface area (Å²) in [5.41, 5.74) is 1.46. The van der Waals surface area contributed by atoms with Gasteiger partial charge in [0.05, 0.1) is 17.9 Å². The molecule has 1 heterocycles. The number of anilines is 1. The van der Waals surface area contributed by atoms with Crippen LogP contribution in [0.4, 0.5) is 5.69 Å². The Morgan fingerprint density at radius 2 is 2.10 bits per heavy atom. The van der Waals surface area contributed by atoms with E-state index in [2.05, 4.69) is 27.1 Å². The minimum absolute atomic E-state index is 0.0103. The fourth-order valence-electron chi connectivity index (χ4n) is 1.55. The number of aromatic nitrogens is 2. The highest BCUT2D eigenvalue weighted by Gasteiger charge is 2.09. The fraction of sp³-hybridized carbons (Fsp3) is 0.133. The summed E-state index contributed by atoms with van der Waals surface area (Å²) in [7, 11) is 0. The zero-order valence-electron chi connectivity index (χ0n) is 11.0. The largest absolute Gasteiger partial charge is 0.395 e. The third-order valence-electron chi connectivity index (χ3n) is 2.51. The number of amides is 1. The lowest BCUT2D eigenvalue weighted by Gasteiger charge is -2.07. The van der Waals surface area contributed by atoms with Gasteiger partial charge in [-0.2, -0.15) is 0 Å². The molecule has 0 unspecified atom stereocenters. The first-order chi connectivity index (χ1) is 10.2. The van der Waals surface area contributed by atoms with Crippen LogP contribution < -0.4 is 5.32 Å². The summed E-state index contributed by atoms with van der Waals surface area (Å²) in [6, 6.07) is 5.02. The maximum Gasteiger partial charge on any atom is 0.258 e. The Hall–Kier alpha value is -2.42. The minimum atomic E-state index is -0.344. The SMILES string of the molecule is O=C(Nc1cc(Cl)ccc1C#CCCO)c1cncnc1. The number of nitrogens with one attached hydrogen (secondary N) is 1. The first-order valence-electron chi connectivity index (χ1n) is 6.16. The third-order valence-corrected chi connectivity index (χ3v) is 2.75. The average Bonchev–Trinajstić information content (AvgIpc) is 2.50. The second-order valence-corrected chi connectivity index (χ2v) is 4.48. The molecule has 0 saturated heterocycles. The van der Waals surface area contributed by atoms with Crippen molar-refractivity contribution in [3.05, 3.63) is 53.1 Å². The Labute approximate surface area is 127 Å². The lowest BCUT2D eigenvalue weighted by atomic mass is 10.1. The van der Waals surface area contributed by atoms with Crippen LogP contribution in [0.3, 0.4) is 0 Å². The third kappa shape index (κ3) is 4.28. The molecule has 2 aromatic rings. The van der Waals surface area contributed by atoms with E-state index in [9.17, 15) is 4.79 Å². The number of nitrogens with zero attached hydrogens (tertiary/aromatic N) is 2. The smallest absolute Gasteiger partial charge is 0.258 e. The molecule has 6 heteroatoms. The fourth-order valence-corrected chi connectivity index (χ4v) is 1.73. The predicted molar refractivity (Wildman–Crippen MR) is 80.0 cm³/mol. The quantitative estimate of drug-likeness (QED) is 0.852. The van der Waals surface area contributed by atoms with E-state index in [1.54, 1.807) is 18.2 Å². The summed E-state index contributed by atoms with van der Waals surface area (Å²) < 4.78 is 0. The summed E-state index contributed by atoms with van der Waals surface area (Å²) in [5, 5.41) is 12.0. The normalized spacial score (nSPS) is 9.62. The van der Waals surface area contributed by atoms with Gasteiger partial charge < -0.3 is 10.4 Å². The van der Waals surface area contributed by atoms with Crippen LogP contribution in [-0.2, 0) is 0 Å². The lowest BCUT2D eigenvalue weighted by Crippen LogP contribution is -2.13. The summed E-state index contributed by atoms with van der Waals surface area (Å²) >= 11 is 5.94. The molecule has 2 N–H and O–H groups in total. The lowest BCUT2D eigenvalue weighted by molar-refractivity contribution is 0.102. The van der Waals surface area contributed by atoms with E-state index < -0.39 is 0 Å². The van der Waals surface area contributed by atoms with Crippen LogP contribution >= 0.6 is 11.6 Å². The molecule has 0 fully saturated rings. The van der Waals surface area contributed by atoms with E-state index in [0.29, 0.717) is 28.3 Å². The van der Waals surface area contributed by atoms with E-state index in [4.69, 9.17) is 16.7 Å². The zero-order chi connectivity index (χ0) is 15.1. The predicted octanol–water partition coefficient (Wildman–Crippen LogP) is 2.12. The van der Waals surface area contributed by atoms with Gasteiger partial charge in [0.2, 0.25) is 0 Å². The number of carbonyl (C=O) groups excluding carboxylic acids is 1. The maximum absolute atomic E-state index is 12.1. The molecule has 0 aliphatic rings. The van der Waals surface area contributed by atoms with Crippen molar-refractivity contribution in [1.82, 2.24) is 9.97 Å². The van der Waals surface area contributed by atoms with Gasteiger partial charge in [-0.15, -0.1) is 0 Å². The molecule has 0 bridgehead atoms. The highest BCUT2D eigenvalue weighted by atomic mass is 35.5. The standard InChI is InChI=1S/C15H12ClN3O2/c16-13-5-4-11(3-1-2-6-20)14(7-13)19-15(21)12-8-17-10-18-9-12/h4-5,7-10,20H,2,6H2,(H,19,21). The molecule has 1 amide bonds. The van der Waals surface area contributed by atoms with Gasteiger partial charge in [0.1, 0.15) is 6.33 Å². The first-order valence-corrected chi connectivity index (χ1v) is 6.54. The molecule has 106 valence electrons. The molecule has 0 atom stereocenters. The van der Waals surface area contributed by atoms with Gasteiger partial charge in [-0.1, -0.05) is 23.4 Å². The molecule has 21 heavy (non-hydrogen) atoms. The van der Waals surface area contributed by atoms with Crippen LogP contribution in [0.1, 0.15) is 22.3 Å². The number of aliphatic hydroxyl groups excluding tert-OH is 1. The highest BCUT2D eigenvalue weighted by Crippen LogP contribution is 2.21. The number of carbonyl (C=O) groups is 1. The number of rotatable bonds is 3. The maximum atomic E-state index is 12.1. The molecular weight excluding hydrogens is 290 g/mol. The second kappa shape index (κ2) is 7.39. The Morgan fingerprint density at radius 3 is 2.81 bits per heavy atom. The molecule has 0 radical (unpaired) electrons. The number of aliphatic hydroxyl groups is 1. The molecule has 5 nitrogen and oxygen atoms in total. The molecule has 0 saturated carbocycles. The van der Waals surface area contributed by atoms with Gasteiger partial charge >= 0.3 is 0 Å². The van der Waals surface area contributed by atoms with Gasteiger partial charge in [-0.25, -0.2) is 9.97 Å². The molecule has 1 aromatic heterocycles. The van der Waals surface area contributed by atoms with Gasteiger partial charge in [0.15, 0.2) is 0 Å². The van der Waals surface area contributed by atoms with Crippen LogP contribution in [0.2, 0.25) is 5.02 Å². The van der Waals surface area contributed by atoms with Crippen LogP contribution in [0.25, 0.3) is 0 Å². The van der Waals surface area contributed by atoms with Crippen molar-refractivity contribution in [2.24, 2.45) is 0 Å². The van der Waals surface area contributed by atoms with Gasteiger partial charge in [-0.3, -0.25) is 4.79 Å². The van der Waals surface area contributed by atoms with Crippen molar-refractivity contribution in [1.29, 1.82) is 0 Å². The van der Waals surface area contributed by atoms with Crippen LogP contribution in [0.5, 0.6) is 0 Å².